The van der Waals surface area contributed by atoms with Crippen molar-refractivity contribution < 1.29 is 17.0 Å². The summed E-state index contributed by atoms with van der Waals surface area (Å²) in [5.74, 6) is 0.476. The lowest BCUT2D eigenvalue weighted by molar-refractivity contribution is 0.301. The van der Waals surface area contributed by atoms with Crippen molar-refractivity contribution in [3.8, 4) is 11.5 Å². The van der Waals surface area contributed by atoms with E-state index in [2.05, 4.69) is 25.5 Å². The van der Waals surface area contributed by atoms with E-state index in [1.807, 2.05) is 37.3 Å². The van der Waals surface area contributed by atoms with Crippen molar-refractivity contribution in [2.24, 2.45) is 0 Å². The number of rotatable bonds is 8. The molecule has 2 aromatic carbocycles. The van der Waals surface area contributed by atoms with Crippen LogP contribution in [0.15, 0.2) is 76.5 Å². The number of aromatic nitrogens is 4. The van der Waals surface area contributed by atoms with Gasteiger partial charge >= 0.3 is 0 Å². The Kier molecular flexibility index (Phi) is 6.45. The van der Waals surface area contributed by atoms with Crippen LogP contribution in [0.25, 0.3) is 11.5 Å². The van der Waals surface area contributed by atoms with Gasteiger partial charge in [-0.05, 0) is 36.2 Å². The first kappa shape index (κ1) is 21.9. The van der Waals surface area contributed by atoms with Gasteiger partial charge in [-0.1, -0.05) is 48.0 Å². The summed E-state index contributed by atoms with van der Waals surface area (Å²) in [5, 5.41) is 10.7. The Morgan fingerprint density at radius 2 is 1.88 bits per heavy atom. The molecule has 0 saturated heterocycles. The molecule has 0 bridgehead atoms. The third kappa shape index (κ3) is 5.10. The lowest BCUT2D eigenvalue weighted by Gasteiger charge is -2.21. The molecule has 2 heterocycles. The molecule has 0 radical (unpaired) electrons. The summed E-state index contributed by atoms with van der Waals surface area (Å²) >= 11 is 5.99. The van der Waals surface area contributed by atoms with Crippen molar-refractivity contribution in [1.82, 2.24) is 20.2 Å². The first-order valence-corrected chi connectivity index (χ1v) is 11.3. The highest BCUT2D eigenvalue weighted by molar-refractivity contribution is 7.86. The fourth-order valence-corrected chi connectivity index (χ4v) is 3.97. The number of hydrogen-bond donors (Lipinski definition) is 1. The number of aryl methyl sites for hydroxylation is 1. The zero-order valence-corrected chi connectivity index (χ0v) is 18.4. The van der Waals surface area contributed by atoms with Gasteiger partial charge in [-0.3, -0.25) is 4.18 Å². The van der Waals surface area contributed by atoms with Crippen molar-refractivity contribution in [1.29, 1.82) is 0 Å². The van der Waals surface area contributed by atoms with E-state index >= 15 is 0 Å². The van der Waals surface area contributed by atoms with Crippen molar-refractivity contribution in [2.75, 3.05) is 11.9 Å². The molecule has 0 fully saturated rings. The largest absolute Gasteiger partial charge is 0.423 e. The predicted molar refractivity (Wildman–Crippen MR) is 117 cm³/mol. The number of halogens is 1. The van der Waals surface area contributed by atoms with Crippen LogP contribution in [0.2, 0.25) is 5.28 Å². The molecule has 0 aliphatic rings. The minimum Gasteiger partial charge on any atom is -0.423 e. The van der Waals surface area contributed by atoms with Crippen LogP contribution in [0.1, 0.15) is 17.2 Å². The zero-order valence-electron chi connectivity index (χ0n) is 16.8. The predicted octanol–water partition coefficient (Wildman–Crippen LogP) is 4.05. The third-order valence-electron chi connectivity index (χ3n) is 4.56. The van der Waals surface area contributed by atoms with Gasteiger partial charge in [-0.25, -0.2) is 4.98 Å². The smallest absolute Gasteiger partial charge is 0.297 e. The number of anilines is 1. The van der Waals surface area contributed by atoms with Crippen LogP contribution >= 0.6 is 11.6 Å². The maximum atomic E-state index is 12.7. The Hall–Kier alpha value is -3.34. The normalized spacial score (nSPS) is 12.4. The molecule has 0 unspecified atom stereocenters. The highest BCUT2D eigenvalue weighted by Gasteiger charge is 2.22. The molecular formula is C21H18ClN5O4S. The first-order valence-electron chi connectivity index (χ1n) is 9.49. The van der Waals surface area contributed by atoms with E-state index in [1.54, 1.807) is 12.1 Å². The number of hydrogen-bond acceptors (Lipinski definition) is 9. The molecule has 4 aromatic rings. The summed E-state index contributed by atoms with van der Waals surface area (Å²) in [7, 11) is -3.97. The van der Waals surface area contributed by atoms with Crippen LogP contribution in [0.4, 0.5) is 5.82 Å². The van der Waals surface area contributed by atoms with E-state index in [-0.39, 0.29) is 22.7 Å². The highest BCUT2D eigenvalue weighted by Crippen LogP contribution is 2.29. The van der Waals surface area contributed by atoms with E-state index in [0.717, 1.165) is 11.1 Å². The monoisotopic (exact) mass is 471 g/mol. The highest BCUT2D eigenvalue weighted by atomic mass is 35.5. The van der Waals surface area contributed by atoms with Gasteiger partial charge in [-0.2, -0.15) is 13.4 Å². The minimum absolute atomic E-state index is 0.00391. The maximum Gasteiger partial charge on any atom is 0.297 e. The summed E-state index contributed by atoms with van der Waals surface area (Å²) in [4.78, 5) is 8.26. The Morgan fingerprint density at radius 3 is 2.56 bits per heavy atom. The minimum atomic E-state index is -3.97. The molecule has 0 saturated carbocycles. The molecular weight excluding hydrogens is 454 g/mol. The molecule has 1 atom stereocenters. The van der Waals surface area contributed by atoms with E-state index < -0.39 is 16.2 Å². The maximum absolute atomic E-state index is 12.7. The fraction of sp³-hybridized carbons (Fsp3) is 0.143. The summed E-state index contributed by atoms with van der Waals surface area (Å²) < 4.78 is 36.1. The number of nitrogens with one attached hydrogen (secondary N) is 1. The SMILES string of the molecule is Cc1ccc(S(=O)(=O)OC[C@@H](Nc2nc(Cl)ncc2-c2nnco2)c2ccccc2)cc1. The summed E-state index contributed by atoms with van der Waals surface area (Å²) in [5.41, 5.74) is 2.13. The topological polar surface area (TPSA) is 120 Å². The van der Waals surface area contributed by atoms with Crippen molar-refractivity contribution in [2.45, 2.75) is 17.9 Å². The van der Waals surface area contributed by atoms with Gasteiger partial charge < -0.3 is 9.73 Å². The van der Waals surface area contributed by atoms with E-state index in [1.165, 1.54) is 24.7 Å². The lowest BCUT2D eigenvalue weighted by Crippen LogP contribution is -2.21. The van der Waals surface area contributed by atoms with E-state index in [9.17, 15) is 8.42 Å². The van der Waals surface area contributed by atoms with E-state index in [0.29, 0.717) is 11.4 Å². The molecule has 11 heteroatoms. The second-order valence-electron chi connectivity index (χ2n) is 6.80. The molecule has 0 amide bonds. The van der Waals surface area contributed by atoms with Gasteiger partial charge in [0, 0.05) is 6.20 Å². The van der Waals surface area contributed by atoms with Crippen LogP contribution in [-0.4, -0.2) is 35.2 Å². The first-order chi connectivity index (χ1) is 15.4. The molecule has 0 aliphatic heterocycles. The van der Waals surface area contributed by atoms with Gasteiger partial charge in [0.15, 0.2) is 0 Å². The fourth-order valence-electron chi connectivity index (χ4n) is 2.92. The molecule has 32 heavy (non-hydrogen) atoms. The standard InChI is InChI=1S/C21H18ClN5O4S/c1-14-7-9-16(10-8-14)32(28,29)31-12-18(15-5-3-2-4-6-15)25-19-17(11-23-21(22)26-19)20-27-24-13-30-20/h2-11,13,18H,12H2,1H3,(H,23,25,26)/t18-/m1/s1. The van der Waals surface area contributed by atoms with Crippen LogP contribution in [0.3, 0.4) is 0 Å². The Morgan fingerprint density at radius 1 is 1.12 bits per heavy atom. The van der Waals surface area contributed by atoms with Crippen LogP contribution in [0.5, 0.6) is 0 Å². The van der Waals surface area contributed by atoms with Gasteiger partial charge in [0.05, 0.1) is 23.1 Å². The van der Waals surface area contributed by atoms with Crippen molar-refractivity contribution in [3.05, 3.63) is 83.6 Å². The van der Waals surface area contributed by atoms with Crippen LogP contribution < -0.4 is 5.32 Å². The Balaban J connectivity index is 1.63. The number of nitrogens with zero attached hydrogens (tertiary/aromatic N) is 4. The van der Waals surface area contributed by atoms with Gasteiger partial charge in [0.25, 0.3) is 16.0 Å². The molecule has 0 spiro atoms. The van der Waals surface area contributed by atoms with Crippen molar-refractivity contribution in [3.63, 3.8) is 0 Å². The average Bonchev–Trinajstić information content (AvgIpc) is 3.32. The molecule has 4 rings (SSSR count). The quantitative estimate of drug-likeness (QED) is 0.299. The summed E-state index contributed by atoms with van der Waals surface area (Å²) in [6, 6.07) is 15.1. The number of benzene rings is 2. The molecule has 9 nitrogen and oxygen atoms in total. The van der Waals surface area contributed by atoms with E-state index in [4.69, 9.17) is 20.2 Å². The molecule has 0 aliphatic carbocycles. The van der Waals surface area contributed by atoms with Gasteiger partial charge in [-0.15, -0.1) is 10.2 Å². The molecule has 1 N–H and O–H groups in total. The Labute approximate surface area is 189 Å². The lowest BCUT2D eigenvalue weighted by atomic mass is 10.1. The second kappa shape index (κ2) is 9.43. The summed E-state index contributed by atoms with van der Waals surface area (Å²) in [6.45, 7) is 1.67. The van der Waals surface area contributed by atoms with Crippen molar-refractivity contribution >= 4 is 27.5 Å². The van der Waals surface area contributed by atoms with Crippen LogP contribution in [-0.2, 0) is 14.3 Å². The van der Waals surface area contributed by atoms with Gasteiger partial charge in [0.2, 0.25) is 11.7 Å². The second-order valence-corrected chi connectivity index (χ2v) is 8.76. The molecule has 164 valence electrons. The van der Waals surface area contributed by atoms with Crippen LogP contribution in [0, 0.1) is 6.92 Å². The zero-order chi connectivity index (χ0) is 22.6. The Bertz CT molecular complexity index is 1280. The molecule has 2 aromatic heterocycles. The van der Waals surface area contributed by atoms with Gasteiger partial charge in [0.1, 0.15) is 5.82 Å². The third-order valence-corrected chi connectivity index (χ3v) is 6.04. The average molecular weight is 472 g/mol. The summed E-state index contributed by atoms with van der Waals surface area (Å²) in [6.07, 6.45) is 2.62.